The summed E-state index contributed by atoms with van der Waals surface area (Å²) in [6.07, 6.45) is 2.47. The molecule has 0 saturated carbocycles. The molecule has 0 atom stereocenters. The second-order valence-corrected chi connectivity index (χ2v) is 4.60. The highest BCUT2D eigenvalue weighted by Crippen LogP contribution is 2.19. The van der Waals surface area contributed by atoms with Crippen molar-refractivity contribution in [2.75, 3.05) is 6.61 Å². The molecule has 0 aliphatic carbocycles. The van der Waals surface area contributed by atoms with Crippen LogP contribution in [0.1, 0.15) is 11.3 Å². The van der Waals surface area contributed by atoms with Crippen LogP contribution in [0.2, 0.25) is 0 Å². The first kappa shape index (κ1) is 11.9. The van der Waals surface area contributed by atoms with Crippen molar-refractivity contribution >= 4 is 11.0 Å². The van der Waals surface area contributed by atoms with Gasteiger partial charge in [-0.1, -0.05) is 30.3 Å². The summed E-state index contributed by atoms with van der Waals surface area (Å²) < 4.78 is 2.18. The van der Waals surface area contributed by atoms with E-state index in [9.17, 15) is 5.11 Å². The number of aliphatic hydroxyl groups excluding tert-OH is 1. The van der Waals surface area contributed by atoms with Crippen LogP contribution in [-0.2, 0) is 13.0 Å². The molecule has 0 aliphatic rings. The number of hydrogen-bond acceptors (Lipinski definition) is 2. The van der Waals surface area contributed by atoms with Crippen LogP contribution in [0.15, 0.2) is 54.7 Å². The monoisotopic (exact) mass is 252 g/mol. The molecule has 2 heterocycles. The Morgan fingerprint density at radius 3 is 2.68 bits per heavy atom. The van der Waals surface area contributed by atoms with Gasteiger partial charge >= 0.3 is 0 Å². The first-order valence-corrected chi connectivity index (χ1v) is 6.46. The SMILES string of the molecule is OCCc1cc2cccnc2n1Cc1ccccc1. The molecule has 3 heteroatoms. The largest absolute Gasteiger partial charge is 0.396 e. The third-order valence-electron chi connectivity index (χ3n) is 3.29. The van der Waals surface area contributed by atoms with Crippen molar-refractivity contribution in [1.29, 1.82) is 0 Å². The molecule has 2 aromatic heterocycles. The number of fused-ring (bicyclic) bond motifs is 1. The van der Waals surface area contributed by atoms with Gasteiger partial charge in [-0.3, -0.25) is 0 Å². The van der Waals surface area contributed by atoms with E-state index in [0.29, 0.717) is 6.42 Å². The van der Waals surface area contributed by atoms with E-state index >= 15 is 0 Å². The third-order valence-corrected chi connectivity index (χ3v) is 3.29. The summed E-state index contributed by atoms with van der Waals surface area (Å²) in [5.41, 5.74) is 3.35. The fourth-order valence-corrected chi connectivity index (χ4v) is 2.41. The zero-order chi connectivity index (χ0) is 13.1. The van der Waals surface area contributed by atoms with Crippen LogP contribution in [-0.4, -0.2) is 21.3 Å². The Labute approximate surface area is 112 Å². The molecular weight excluding hydrogens is 236 g/mol. The van der Waals surface area contributed by atoms with Gasteiger partial charge in [-0.15, -0.1) is 0 Å². The summed E-state index contributed by atoms with van der Waals surface area (Å²) in [6, 6.07) is 16.4. The highest BCUT2D eigenvalue weighted by Gasteiger charge is 2.09. The van der Waals surface area contributed by atoms with Crippen LogP contribution < -0.4 is 0 Å². The van der Waals surface area contributed by atoms with Gasteiger partial charge in [-0.25, -0.2) is 4.98 Å². The molecule has 0 unspecified atom stereocenters. The molecule has 1 aromatic carbocycles. The fourth-order valence-electron chi connectivity index (χ4n) is 2.41. The second kappa shape index (κ2) is 5.24. The number of rotatable bonds is 4. The van der Waals surface area contributed by atoms with Crippen molar-refractivity contribution in [3.63, 3.8) is 0 Å². The van der Waals surface area contributed by atoms with Crippen molar-refractivity contribution < 1.29 is 5.11 Å². The van der Waals surface area contributed by atoms with Gasteiger partial charge in [-0.05, 0) is 23.8 Å². The molecule has 0 spiro atoms. The number of aliphatic hydroxyl groups is 1. The smallest absolute Gasteiger partial charge is 0.140 e. The maximum absolute atomic E-state index is 9.20. The zero-order valence-electron chi connectivity index (χ0n) is 10.7. The van der Waals surface area contributed by atoms with E-state index in [1.54, 1.807) is 0 Å². The minimum Gasteiger partial charge on any atom is -0.396 e. The maximum Gasteiger partial charge on any atom is 0.140 e. The number of nitrogens with zero attached hydrogens (tertiary/aromatic N) is 2. The number of aromatic nitrogens is 2. The van der Waals surface area contributed by atoms with Crippen molar-refractivity contribution in [3.05, 3.63) is 66.0 Å². The maximum atomic E-state index is 9.20. The van der Waals surface area contributed by atoms with Gasteiger partial charge in [0.2, 0.25) is 0 Å². The Bertz CT molecular complexity index is 674. The van der Waals surface area contributed by atoms with E-state index in [0.717, 1.165) is 23.3 Å². The molecule has 0 radical (unpaired) electrons. The minimum absolute atomic E-state index is 0.158. The molecule has 19 heavy (non-hydrogen) atoms. The van der Waals surface area contributed by atoms with Gasteiger partial charge in [0, 0.05) is 36.8 Å². The minimum atomic E-state index is 0.158. The molecule has 96 valence electrons. The van der Waals surface area contributed by atoms with Gasteiger partial charge < -0.3 is 9.67 Å². The highest BCUT2D eigenvalue weighted by atomic mass is 16.3. The summed E-state index contributed by atoms with van der Waals surface area (Å²) in [5, 5.41) is 10.3. The molecule has 0 bridgehead atoms. The topological polar surface area (TPSA) is 38.1 Å². The molecule has 0 saturated heterocycles. The van der Waals surface area contributed by atoms with Crippen LogP contribution in [0.4, 0.5) is 0 Å². The normalized spacial score (nSPS) is 11.0. The van der Waals surface area contributed by atoms with E-state index < -0.39 is 0 Å². The lowest BCUT2D eigenvalue weighted by molar-refractivity contribution is 0.297. The van der Waals surface area contributed by atoms with Crippen molar-refractivity contribution in [2.24, 2.45) is 0 Å². The third kappa shape index (κ3) is 2.37. The lowest BCUT2D eigenvalue weighted by Gasteiger charge is -2.09. The van der Waals surface area contributed by atoms with Gasteiger partial charge in [0.25, 0.3) is 0 Å². The molecule has 0 fully saturated rings. The number of hydrogen-bond donors (Lipinski definition) is 1. The lowest BCUT2D eigenvalue weighted by Crippen LogP contribution is -2.06. The Morgan fingerprint density at radius 2 is 1.89 bits per heavy atom. The van der Waals surface area contributed by atoms with Gasteiger partial charge in [-0.2, -0.15) is 0 Å². The van der Waals surface area contributed by atoms with Crippen molar-refractivity contribution in [2.45, 2.75) is 13.0 Å². The molecule has 0 amide bonds. The Morgan fingerprint density at radius 1 is 1.05 bits per heavy atom. The lowest BCUT2D eigenvalue weighted by atomic mass is 10.2. The van der Waals surface area contributed by atoms with E-state index in [2.05, 4.69) is 33.8 Å². The average molecular weight is 252 g/mol. The highest BCUT2D eigenvalue weighted by molar-refractivity contribution is 5.77. The predicted octanol–water partition coefficient (Wildman–Crippen LogP) is 2.62. The summed E-state index contributed by atoms with van der Waals surface area (Å²) in [5.74, 6) is 0. The van der Waals surface area contributed by atoms with Crippen molar-refractivity contribution in [1.82, 2.24) is 9.55 Å². The summed E-state index contributed by atoms with van der Waals surface area (Å²) in [6.45, 7) is 0.946. The summed E-state index contributed by atoms with van der Waals surface area (Å²) in [4.78, 5) is 4.46. The Balaban J connectivity index is 2.07. The Kier molecular flexibility index (Phi) is 3.29. The van der Waals surface area contributed by atoms with Crippen LogP contribution >= 0.6 is 0 Å². The first-order valence-electron chi connectivity index (χ1n) is 6.46. The van der Waals surface area contributed by atoms with E-state index in [4.69, 9.17) is 0 Å². The standard InChI is InChI=1S/C16H16N2O/c19-10-8-15-11-14-7-4-9-17-16(14)18(15)12-13-5-2-1-3-6-13/h1-7,9,11,19H,8,10,12H2. The van der Waals surface area contributed by atoms with E-state index in [-0.39, 0.29) is 6.61 Å². The quantitative estimate of drug-likeness (QED) is 0.775. The zero-order valence-corrected chi connectivity index (χ0v) is 10.7. The van der Waals surface area contributed by atoms with Crippen LogP contribution in [0.5, 0.6) is 0 Å². The van der Waals surface area contributed by atoms with E-state index in [1.165, 1.54) is 5.56 Å². The molecule has 3 rings (SSSR count). The predicted molar refractivity (Wildman–Crippen MR) is 76.1 cm³/mol. The number of pyridine rings is 1. The molecular formula is C16H16N2O. The molecule has 1 N–H and O–H groups in total. The van der Waals surface area contributed by atoms with Gasteiger partial charge in [0.15, 0.2) is 0 Å². The molecule has 3 aromatic rings. The molecule has 3 nitrogen and oxygen atoms in total. The second-order valence-electron chi connectivity index (χ2n) is 4.60. The van der Waals surface area contributed by atoms with Crippen LogP contribution in [0.3, 0.4) is 0 Å². The van der Waals surface area contributed by atoms with Crippen molar-refractivity contribution in [3.8, 4) is 0 Å². The van der Waals surface area contributed by atoms with Crippen LogP contribution in [0.25, 0.3) is 11.0 Å². The number of benzene rings is 1. The van der Waals surface area contributed by atoms with Crippen LogP contribution in [0, 0.1) is 0 Å². The van der Waals surface area contributed by atoms with Gasteiger partial charge in [0.05, 0.1) is 0 Å². The molecule has 0 aliphatic heterocycles. The average Bonchev–Trinajstić information content (AvgIpc) is 2.79. The van der Waals surface area contributed by atoms with Gasteiger partial charge in [0.1, 0.15) is 5.65 Å². The fraction of sp³-hybridized carbons (Fsp3) is 0.188. The summed E-state index contributed by atoms with van der Waals surface area (Å²) >= 11 is 0. The first-order chi connectivity index (χ1) is 9.38. The van der Waals surface area contributed by atoms with E-state index in [1.807, 2.05) is 30.5 Å². The Hall–Kier alpha value is -2.13. The summed E-state index contributed by atoms with van der Waals surface area (Å²) in [7, 11) is 0.